The summed E-state index contributed by atoms with van der Waals surface area (Å²) in [7, 11) is 0. The standard InChI is InChI=1S/C35H32N4O4S2/c1-6-42-33(41)29-30(24-10-8-7-9-11-24)38-35-39(31(29)25-14-12-23(13-15-25)20(2)3)32(40)27(44-35)19-26-16-17-28(43-26)45-34-36-21(4)18-22(5)37-34/h7-20,31H,6H2,1-5H3/b27-19+/t31-/m0/s1. The number of hydrogen-bond acceptors (Lipinski definition) is 9. The SMILES string of the molecule is CCOC(=O)C1=C(c2ccccc2)N=c2s/c(=C/c3ccc(Sc4nc(C)cc(C)n4)o3)c(=O)n2[C@H]1c1ccc(C(C)C)cc1. The van der Waals surface area contributed by atoms with Gasteiger partial charge in [0.2, 0.25) is 0 Å². The molecular weight excluding hydrogens is 605 g/mol. The number of ether oxygens (including phenoxy) is 1. The van der Waals surface area contributed by atoms with Gasteiger partial charge in [0.25, 0.3) is 5.56 Å². The van der Waals surface area contributed by atoms with Gasteiger partial charge in [0.05, 0.1) is 28.5 Å². The van der Waals surface area contributed by atoms with Crippen molar-refractivity contribution in [3.63, 3.8) is 0 Å². The Hall–Kier alpha value is -4.54. The second kappa shape index (κ2) is 12.8. The summed E-state index contributed by atoms with van der Waals surface area (Å²) in [4.78, 5) is 42.2. The highest BCUT2D eigenvalue weighted by molar-refractivity contribution is 7.99. The number of nitrogens with zero attached hydrogens (tertiary/aromatic N) is 4. The topological polar surface area (TPSA) is 99.6 Å². The lowest BCUT2D eigenvalue weighted by molar-refractivity contribution is -0.138. The summed E-state index contributed by atoms with van der Waals surface area (Å²) >= 11 is 2.58. The summed E-state index contributed by atoms with van der Waals surface area (Å²) in [6.07, 6.45) is 1.71. The summed E-state index contributed by atoms with van der Waals surface area (Å²) in [5.41, 5.74) is 5.02. The molecule has 0 amide bonds. The van der Waals surface area contributed by atoms with Crippen LogP contribution in [0.3, 0.4) is 0 Å². The first kappa shape index (κ1) is 30.5. The minimum Gasteiger partial charge on any atom is -0.463 e. The van der Waals surface area contributed by atoms with Crippen LogP contribution in [-0.2, 0) is 9.53 Å². The predicted molar refractivity (Wildman–Crippen MR) is 176 cm³/mol. The number of furan rings is 1. The molecule has 0 fully saturated rings. The molecule has 0 spiro atoms. The Morgan fingerprint density at radius 3 is 2.42 bits per heavy atom. The van der Waals surface area contributed by atoms with E-state index in [1.165, 1.54) is 23.1 Å². The van der Waals surface area contributed by atoms with Gasteiger partial charge in [0, 0.05) is 23.0 Å². The Kier molecular flexibility index (Phi) is 8.69. The fourth-order valence-electron chi connectivity index (χ4n) is 5.24. The minimum atomic E-state index is -0.733. The molecule has 1 atom stereocenters. The Labute approximate surface area is 268 Å². The average Bonchev–Trinajstić information content (AvgIpc) is 3.59. The largest absolute Gasteiger partial charge is 0.463 e. The molecule has 228 valence electrons. The number of aromatic nitrogens is 3. The number of fused-ring (bicyclic) bond motifs is 1. The molecule has 1 aliphatic heterocycles. The van der Waals surface area contributed by atoms with Crippen LogP contribution in [0, 0.1) is 13.8 Å². The van der Waals surface area contributed by atoms with Gasteiger partial charge in [0.1, 0.15) is 5.76 Å². The van der Waals surface area contributed by atoms with Gasteiger partial charge in [-0.25, -0.2) is 19.8 Å². The fraction of sp³-hybridized carbons (Fsp3) is 0.229. The van der Waals surface area contributed by atoms with Gasteiger partial charge >= 0.3 is 5.97 Å². The Morgan fingerprint density at radius 2 is 1.76 bits per heavy atom. The molecule has 3 aromatic heterocycles. The van der Waals surface area contributed by atoms with Crippen LogP contribution in [0.5, 0.6) is 0 Å². The van der Waals surface area contributed by atoms with Crippen molar-refractivity contribution in [3.8, 4) is 0 Å². The maximum Gasteiger partial charge on any atom is 0.338 e. The third kappa shape index (κ3) is 6.34. The fourth-order valence-corrected chi connectivity index (χ4v) is 7.06. The van der Waals surface area contributed by atoms with Crippen LogP contribution in [0.2, 0.25) is 0 Å². The summed E-state index contributed by atoms with van der Waals surface area (Å²) in [5, 5.41) is 1.20. The van der Waals surface area contributed by atoms with E-state index in [2.05, 4.69) is 23.8 Å². The lowest BCUT2D eigenvalue weighted by atomic mass is 9.91. The van der Waals surface area contributed by atoms with Crippen LogP contribution in [-0.4, -0.2) is 27.1 Å². The second-order valence-corrected chi connectivity index (χ2v) is 12.9. The van der Waals surface area contributed by atoms with Crippen LogP contribution >= 0.6 is 23.1 Å². The average molecular weight is 637 g/mol. The molecule has 0 N–H and O–H groups in total. The van der Waals surface area contributed by atoms with E-state index in [0.717, 1.165) is 28.1 Å². The highest BCUT2D eigenvalue weighted by atomic mass is 32.2. The van der Waals surface area contributed by atoms with Crippen molar-refractivity contribution in [2.24, 2.45) is 4.99 Å². The minimum absolute atomic E-state index is 0.194. The van der Waals surface area contributed by atoms with Gasteiger partial charge in [-0.15, -0.1) is 0 Å². The zero-order valence-corrected chi connectivity index (χ0v) is 27.2. The van der Waals surface area contributed by atoms with E-state index in [1.54, 1.807) is 17.6 Å². The Balaban J connectivity index is 1.50. The molecular formula is C35H32N4O4S2. The molecule has 1 aliphatic rings. The monoisotopic (exact) mass is 636 g/mol. The van der Waals surface area contributed by atoms with Crippen molar-refractivity contribution < 1.29 is 13.9 Å². The van der Waals surface area contributed by atoms with E-state index in [-0.39, 0.29) is 12.2 Å². The third-order valence-electron chi connectivity index (χ3n) is 7.32. The first-order valence-electron chi connectivity index (χ1n) is 14.7. The molecule has 5 aromatic rings. The number of carbonyl (C=O) groups excluding carboxylic acids is 1. The molecule has 0 radical (unpaired) electrons. The van der Waals surface area contributed by atoms with Gasteiger partial charge in [-0.2, -0.15) is 0 Å². The number of carbonyl (C=O) groups is 1. The van der Waals surface area contributed by atoms with Crippen LogP contribution in [0.1, 0.15) is 66.6 Å². The van der Waals surface area contributed by atoms with E-state index < -0.39 is 12.0 Å². The van der Waals surface area contributed by atoms with E-state index in [9.17, 15) is 9.59 Å². The maximum absolute atomic E-state index is 14.2. The van der Waals surface area contributed by atoms with E-state index >= 15 is 0 Å². The second-order valence-electron chi connectivity index (χ2n) is 10.9. The normalized spacial score (nSPS) is 14.9. The van der Waals surface area contributed by atoms with Crippen molar-refractivity contribution in [2.75, 3.05) is 6.61 Å². The molecule has 0 unspecified atom stereocenters. The first-order valence-corrected chi connectivity index (χ1v) is 16.3. The molecule has 0 aliphatic carbocycles. The van der Waals surface area contributed by atoms with E-state index in [4.69, 9.17) is 14.1 Å². The lowest BCUT2D eigenvalue weighted by Crippen LogP contribution is -2.40. The zero-order chi connectivity index (χ0) is 31.7. The summed E-state index contributed by atoms with van der Waals surface area (Å²) in [6.45, 7) is 10.1. The smallest absolute Gasteiger partial charge is 0.338 e. The van der Waals surface area contributed by atoms with E-state index in [1.807, 2.05) is 86.6 Å². The van der Waals surface area contributed by atoms with Gasteiger partial charge < -0.3 is 9.15 Å². The van der Waals surface area contributed by atoms with E-state index in [0.29, 0.717) is 42.5 Å². The first-order chi connectivity index (χ1) is 21.7. The van der Waals surface area contributed by atoms with Crippen LogP contribution < -0.4 is 14.9 Å². The third-order valence-corrected chi connectivity index (χ3v) is 9.09. The molecule has 4 heterocycles. The number of aryl methyl sites for hydroxylation is 2. The lowest BCUT2D eigenvalue weighted by Gasteiger charge is -2.26. The molecule has 2 aromatic carbocycles. The van der Waals surface area contributed by atoms with Crippen molar-refractivity contribution >= 4 is 40.8 Å². The van der Waals surface area contributed by atoms with Crippen molar-refractivity contribution in [1.82, 2.24) is 14.5 Å². The van der Waals surface area contributed by atoms with Crippen LogP contribution in [0.4, 0.5) is 0 Å². The molecule has 0 saturated heterocycles. The predicted octanol–water partition coefficient (Wildman–Crippen LogP) is 6.21. The molecule has 10 heteroatoms. The van der Waals surface area contributed by atoms with Gasteiger partial charge in [-0.3, -0.25) is 9.36 Å². The van der Waals surface area contributed by atoms with Crippen molar-refractivity contribution in [3.05, 3.63) is 132 Å². The molecule has 8 nitrogen and oxygen atoms in total. The zero-order valence-electron chi connectivity index (χ0n) is 25.6. The highest BCUT2D eigenvalue weighted by Crippen LogP contribution is 2.35. The molecule has 6 rings (SSSR count). The quantitative estimate of drug-likeness (QED) is 0.148. The summed E-state index contributed by atoms with van der Waals surface area (Å²) in [6, 6.07) is 22.4. The number of hydrogen-bond donors (Lipinski definition) is 0. The number of benzene rings is 2. The van der Waals surface area contributed by atoms with Crippen LogP contribution in [0.25, 0.3) is 11.8 Å². The van der Waals surface area contributed by atoms with Gasteiger partial charge in [0.15, 0.2) is 15.1 Å². The molecule has 0 bridgehead atoms. The number of esters is 1. The molecule has 0 saturated carbocycles. The van der Waals surface area contributed by atoms with Crippen LogP contribution in [0.15, 0.2) is 103 Å². The van der Waals surface area contributed by atoms with Crippen molar-refractivity contribution in [1.29, 1.82) is 0 Å². The Bertz CT molecular complexity index is 2070. The maximum atomic E-state index is 14.2. The highest BCUT2D eigenvalue weighted by Gasteiger charge is 2.35. The number of rotatable bonds is 8. The number of thiazole rings is 1. The summed E-state index contributed by atoms with van der Waals surface area (Å²) < 4.78 is 13.7. The Morgan fingerprint density at radius 1 is 1.04 bits per heavy atom. The summed E-state index contributed by atoms with van der Waals surface area (Å²) in [5.74, 6) is 0.338. The van der Waals surface area contributed by atoms with Gasteiger partial charge in [-0.05, 0) is 67.8 Å². The van der Waals surface area contributed by atoms with Gasteiger partial charge in [-0.1, -0.05) is 79.8 Å². The van der Waals surface area contributed by atoms with Crippen molar-refractivity contribution in [2.45, 2.75) is 56.8 Å². The molecule has 45 heavy (non-hydrogen) atoms.